The number of nitrogens with one attached hydrogen (secondary N) is 1. The van der Waals surface area contributed by atoms with E-state index >= 15 is 0 Å². The molecule has 0 amide bonds. The maximum absolute atomic E-state index is 11.8. The number of ether oxygens (including phenoxy) is 3. The van der Waals surface area contributed by atoms with E-state index in [1.165, 1.54) is 18.5 Å². The van der Waals surface area contributed by atoms with Crippen molar-refractivity contribution in [2.75, 3.05) is 31.4 Å². The Bertz CT molecular complexity index is 1050. The van der Waals surface area contributed by atoms with Crippen LogP contribution in [0.15, 0.2) is 48.8 Å². The number of carbonyl (C=O) groups is 2. The van der Waals surface area contributed by atoms with Gasteiger partial charge in [0.2, 0.25) is 0 Å². The second-order valence-corrected chi connectivity index (χ2v) is 6.27. The van der Waals surface area contributed by atoms with Crippen molar-refractivity contribution in [3.63, 3.8) is 0 Å². The van der Waals surface area contributed by atoms with E-state index in [1.54, 1.807) is 27.0 Å². The minimum atomic E-state index is -0.468. The van der Waals surface area contributed by atoms with Gasteiger partial charge in [-0.2, -0.15) is 10.2 Å². The van der Waals surface area contributed by atoms with Crippen LogP contribution in [-0.2, 0) is 16.0 Å². The Labute approximate surface area is 191 Å². The zero-order chi connectivity index (χ0) is 24.1. The minimum absolute atomic E-state index is 0.0935. The molecule has 11 nitrogen and oxygen atoms in total. The summed E-state index contributed by atoms with van der Waals surface area (Å²) in [6.07, 6.45) is 2.85. The number of hydrogen-bond donors (Lipinski definition) is 2. The van der Waals surface area contributed by atoms with Crippen molar-refractivity contribution in [1.29, 1.82) is 0 Å². The largest absolute Gasteiger partial charge is 0.497 e. The summed E-state index contributed by atoms with van der Waals surface area (Å²) in [7, 11) is 1.62. The lowest BCUT2D eigenvalue weighted by Gasteiger charge is -2.09. The fourth-order valence-corrected chi connectivity index (χ4v) is 2.49. The molecule has 0 aliphatic carbocycles. The van der Waals surface area contributed by atoms with E-state index in [1.807, 2.05) is 24.3 Å². The predicted molar refractivity (Wildman–Crippen MR) is 121 cm³/mol. The summed E-state index contributed by atoms with van der Waals surface area (Å²) in [5, 5.41) is 17.8. The molecule has 0 saturated carbocycles. The minimum Gasteiger partial charge on any atom is -0.497 e. The predicted octanol–water partition coefficient (Wildman–Crippen LogP) is 2.51. The van der Waals surface area contributed by atoms with Crippen molar-refractivity contribution in [3.8, 4) is 5.75 Å². The third-order valence-electron chi connectivity index (χ3n) is 4.08. The average Bonchev–Trinajstić information content (AvgIpc) is 2.84. The van der Waals surface area contributed by atoms with Crippen LogP contribution in [0.3, 0.4) is 0 Å². The van der Waals surface area contributed by atoms with E-state index in [0.717, 1.165) is 11.3 Å². The number of nitrogen functional groups attached to an aromatic ring is 1. The molecule has 0 aliphatic rings. The highest BCUT2D eigenvalue weighted by Crippen LogP contribution is 2.15. The first-order chi connectivity index (χ1) is 16.0. The summed E-state index contributed by atoms with van der Waals surface area (Å²) in [5.74, 6) is 0.419. The van der Waals surface area contributed by atoms with E-state index in [4.69, 9.17) is 19.9 Å². The zero-order valence-electron chi connectivity index (χ0n) is 18.6. The maximum Gasteiger partial charge on any atom is 0.342 e. The number of nitrogens with two attached hydrogens (primary N) is 1. The molecule has 174 valence electrons. The molecule has 0 unspecified atom stereocenters. The first-order valence-corrected chi connectivity index (χ1v) is 10.1. The Morgan fingerprint density at radius 3 is 2.03 bits per heavy atom. The molecular weight excluding hydrogens is 428 g/mol. The first-order valence-electron chi connectivity index (χ1n) is 10.1. The Hall–Kier alpha value is -4.28. The van der Waals surface area contributed by atoms with Crippen molar-refractivity contribution in [1.82, 2.24) is 20.4 Å². The third kappa shape index (κ3) is 7.73. The molecule has 11 heteroatoms. The molecule has 3 N–H and O–H groups in total. The van der Waals surface area contributed by atoms with Crippen LogP contribution >= 0.6 is 0 Å². The molecule has 3 aromatic rings. The highest BCUT2D eigenvalue weighted by molar-refractivity contribution is 5.94. The second-order valence-electron chi connectivity index (χ2n) is 6.27. The molecule has 33 heavy (non-hydrogen) atoms. The maximum atomic E-state index is 11.8. The van der Waals surface area contributed by atoms with E-state index in [2.05, 4.69) is 25.7 Å². The Balaban J connectivity index is 0.000000273. The van der Waals surface area contributed by atoms with Crippen LogP contribution in [0, 0.1) is 0 Å². The van der Waals surface area contributed by atoms with Crippen LogP contribution in [-0.4, -0.2) is 52.7 Å². The number of nitrogens with zero attached hydrogens (tertiary/aromatic N) is 4. The summed E-state index contributed by atoms with van der Waals surface area (Å²) in [5.41, 5.74) is 7.05. The number of esters is 2. The fourth-order valence-electron chi connectivity index (χ4n) is 2.49. The van der Waals surface area contributed by atoms with Crippen LogP contribution in [0.1, 0.15) is 40.1 Å². The monoisotopic (exact) mass is 454 g/mol. The average molecular weight is 454 g/mol. The van der Waals surface area contributed by atoms with Crippen LogP contribution in [0.5, 0.6) is 5.75 Å². The number of anilines is 2. The van der Waals surface area contributed by atoms with Gasteiger partial charge in [0, 0.05) is 6.54 Å². The van der Waals surface area contributed by atoms with Gasteiger partial charge in [-0.25, -0.2) is 9.59 Å². The molecule has 2 heterocycles. The Kier molecular flexibility index (Phi) is 9.99. The lowest BCUT2D eigenvalue weighted by atomic mass is 10.2. The Morgan fingerprint density at radius 2 is 1.45 bits per heavy atom. The van der Waals surface area contributed by atoms with Gasteiger partial charge in [-0.15, -0.1) is 10.2 Å². The lowest BCUT2D eigenvalue weighted by molar-refractivity contribution is 0.0517. The molecule has 0 bridgehead atoms. The van der Waals surface area contributed by atoms with Crippen molar-refractivity contribution in [3.05, 3.63) is 65.5 Å². The normalized spacial score (nSPS) is 9.79. The molecule has 2 aromatic heterocycles. The van der Waals surface area contributed by atoms with Crippen molar-refractivity contribution < 1.29 is 23.8 Å². The second kappa shape index (κ2) is 13.2. The van der Waals surface area contributed by atoms with Gasteiger partial charge < -0.3 is 25.3 Å². The van der Waals surface area contributed by atoms with E-state index in [9.17, 15) is 9.59 Å². The summed E-state index contributed by atoms with van der Waals surface area (Å²) in [6, 6.07) is 10.7. The summed E-state index contributed by atoms with van der Waals surface area (Å²) < 4.78 is 14.8. The molecular formula is C22H26N6O5. The quantitative estimate of drug-likeness (QED) is 0.483. The van der Waals surface area contributed by atoms with Crippen molar-refractivity contribution in [2.45, 2.75) is 20.4 Å². The van der Waals surface area contributed by atoms with Crippen LogP contribution in [0.25, 0.3) is 0 Å². The molecule has 0 atom stereocenters. The van der Waals surface area contributed by atoms with Crippen LogP contribution in [0.2, 0.25) is 0 Å². The standard InChI is InChI=1S/C15H17N3O3.C7H9N3O2/c1-3-21-15(19)13-8-9-17-18-14(13)16-10-11-4-6-12(20-2)7-5-11;1-2-12-7(11)5-3-4-9-10-6(5)8/h4-9H,3,10H2,1-2H3,(H,16,18);3-4H,2H2,1H3,(H2,8,10). The third-order valence-corrected chi connectivity index (χ3v) is 4.08. The number of benzene rings is 1. The molecule has 0 spiro atoms. The Morgan fingerprint density at radius 1 is 0.879 bits per heavy atom. The number of aromatic nitrogens is 4. The summed E-state index contributed by atoms with van der Waals surface area (Å²) in [6.45, 7) is 4.65. The van der Waals surface area contributed by atoms with Gasteiger partial charge in [-0.1, -0.05) is 12.1 Å². The summed E-state index contributed by atoms with van der Waals surface area (Å²) >= 11 is 0. The van der Waals surface area contributed by atoms with Gasteiger partial charge in [-0.05, 0) is 43.7 Å². The topological polar surface area (TPSA) is 151 Å². The van der Waals surface area contributed by atoms with Crippen LogP contribution in [0.4, 0.5) is 11.6 Å². The van der Waals surface area contributed by atoms with Crippen molar-refractivity contribution in [2.24, 2.45) is 0 Å². The summed E-state index contributed by atoms with van der Waals surface area (Å²) in [4.78, 5) is 22.9. The van der Waals surface area contributed by atoms with Gasteiger partial charge in [0.1, 0.15) is 16.9 Å². The SMILES string of the molecule is CCOC(=O)c1ccnnc1N.CCOC(=O)c1ccnnc1NCc1ccc(OC)cc1. The molecule has 0 fully saturated rings. The van der Waals surface area contributed by atoms with Gasteiger partial charge in [-0.3, -0.25) is 0 Å². The molecule has 0 radical (unpaired) electrons. The highest BCUT2D eigenvalue weighted by atomic mass is 16.5. The smallest absolute Gasteiger partial charge is 0.342 e. The number of methoxy groups -OCH3 is 1. The zero-order valence-corrected chi connectivity index (χ0v) is 18.6. The van der Waals surface area contributed by atoms with E-state index in [-0.39, 0.29) is 11.4 Å². The fraction of sp³-hybridized carbons (Fsp3) is 0.273. The van der Waals surface area contributed by atoms with Gasteiger partial charge >= 0.3 is 11.9 Å². The van der Waals surface area contributed by atoms with Gasteiger partial charge in [0.05, 0.1) is 32.7 Å². The molecule has 3 rings (SSSR count). The number of hydrogen-bond acceptors (Lipinski definition) is 11. The molecule has 0 aliphatic heterocycles. The lowest BCUT2D eigenvalue weighted by Crippen LogP contribution is -2.12. The van der Waals surface area contributed by atoms with E-state index in [0.29, 0.717) is 31.1 Å². The first kappa shape index (κ1) is 25.0. The number of carbonyl (C=O) groups excluding carboxylic acids is 2. The number of rotatable bonds is 8. The van der Waals surface area contributed by atoms with Gasteiger partial charge in [0.15, 0.2) is 11.6 Å². The van der Waals surface area contributed by atoms with Crippen molar-refractivity contribution >= 4 is 23.6 Å². The molecule has 0 saturated heterocycles. The highest BCUT2D eigenvalue weighted by Gasteiger charge is 2.13. The van der Waals surface area contributed by atoms with E-state index < -0.39 is 11.9 Å². The van der Waals surface area contributed by atoms with Crippen LogP contribution < -0.4 is 15.8 Å². The molecule has 1 aromatic carbocycles. The van der Waals surface area contributed by atoms with Gasteiger partial charge in [0.25, 0.3) is 0 Å².